The van der Waals surface area contributed by atoms with E-state index in [2.05, 4.69) is 23.2 Å². The Labute approximate surface area is 152 Å². The van der Waals surface area contributed by atoms with Gasteiger partial charge >= 0.3 is 0 Å². The summed E-state index contributed by atoms with van der Waals surface area (Å²) in [5, 5.41) is 20.1. The Bertz CT molecular complexity index is 890. The van der Waals surface area contributed by atoms with Crippen LogP contribution in [0.25, 0.3) is 11.0 Å². The van der Waals surface area contributed by atoms with Crippen molar-refractivity contribution in [2.75, 3.05) is 6.61 Å². The molecular formula is C21H24N2O3. The molecular weight excluding hydrogens is 328 g/mol. The van der Waals surface area contributed by atoms with Crippen LogP contribution in [0, 0.1) is 0 Å². The summed E-state index contributed by atoms with van der Waals surface area (Å²) in [6.07, 6.45) is 2.58. The van der Waals surface area contributed by atoms with E-state index in [0.717, 1.165) is 30.3 Å². The van der Waals surface area contributed by atoms with Gasteiger partial charge in [-0.2, -0.15) is 0 Å². The number of aliphatic hydroxyl groups excluding tert-OH is 2. The lowest BCUT2D eigenvalue weighted by Crippen LogP contribution is -2.25. The van der Waals surface area contributed by atoms with Gasteiger partial charge in [-0.25, -0.2) is 4.98 Å². The van der Waals surface area contributed by atoms with Crippen LogP contribution in [0.3, 0.4) is 0 Å². The van der Waals surface area contributed by atoms with Gasteiger partial charge in [-0.15, -0.1) is 0 Å². The normalized spacial score (nSPS) is 18.0. The zero-order valence-corrected chi connectivity index (χ0v) is 14.7. The lowest BCUT2D eigenvalue weighted by Gasteiger charge is -2.26. The van der Waals surface area contributed by atoms with Crippen LogP contribution in [0.15, 0.2) is 48.5 Å². The summed E-state index contributed by atoms with van der Waals surface area (Å²) in [7, 11) is 0. The average molecular weight is 352 g/mol. The fourth-order valence-electron chi connectivity index (χ4n) is 3.82. The molecule has 26 heavy (non-hydrogen) atoms. The SMILES string of the molecule is OCc1nc2ccccc2n1C[C@H](O)CO[C@@H]1CCCc2ccccc21. The first-order chi connectivity index (χ1) is 12.8. The van der Waals surface area contributed by atoms with E-state index in [4.69, 9.17) is 4.74 Å². The van der Waals surface area contributed by atoms with Gasteiger partial charge in [-0.1, -0.05) is 36.4 Å². The topological polar surface area (TPSA) is 67.5 Å². The molecule has 5 heteroatoms. The Kier molecular flexibility index (Phi) is 5.02. The summed E-state index contributed by atoms with van der Waals surface area (Å²) < 4.78 is 7.93. The molecule has 2 aromatic carbocycles. The van der Waals surface area contributed by atoms with Crippen LogP contribution in [-0.4, -0.2) is 32.5 Å². The summed E-state index contributed by atoms with van der Waals surface area (Å²) in [4.78, 5) is 4.42. The molecule has 2 atom stereocenters. The molecule has 0 spiro atoms. The summed E-state index contributed by atoms with van der Waals surface area (Å²) in [6, 6.07) is 16.1. The molecule has 0 saturated heterocycles. The summed E-state index contributed by atoms with van der Waals surface area (Å²) in [5.74, 6) is 0.563. The maximum absolute atomic E-state index is 10.5. The van der Waals surface area contributed by atoms with Crippen molar-refractivity contribution in [1.82, 2.24) is 9.55 Å². The monoisotopic (exact) mass is 352 g/mol. The minimum atomic E-state index is -0.660. The number of fused-ring (bicyclic) bond motifs is 2. The van der Waals surface area contributed by atoms with E-state index in [0.29, 0.717) is 12.4 Å². The van der Waals surface area contributed by atoms with Gasteiger partial charge in [-0.05, 0) is 42.5 Å². The number of rotatable bonds is 6. The van der Waals surface area contributed by atoms with Crippen molar-refractivity contribution in [1.29, 1.82) is 0 Å². The number of aryl methyl sites for hydroxylation is 1. The molecule has 0 aliphatic heterocycles. The predicted octanol–water partition coefficient (Wildman–Crippen LogP) is 2.98. The highest BCUT2D eigenvalue weighted by atomic mass is 16.5. The Morgan fingerprint density at radius 2 is 1.96 bits per heavy atom. The molecule has 0 unspecified atom stereocenters. The number of aliphatic hydroxyl groups is 2. The Balaban J connectivity index is 1.45. The molecule has 4 rings (SSSR count). The minimum Gasteiger partial charge on any atom is -0.389 e. The third-order valence-electron chi connectivity index (χ3n) is 5.07. The van der Waals surface area contributed by atoms with Gasteiger partial charge in [0.2, 0.25) is 0 Å². The second kappa shape index (κ2) is 7.58. The van der Waals surface area contributed by atoms with Gasteiger partial charge in [0.1, 0.15) is 12.4 Å². The highest BCUT2D eigenvalue weighted by Gasteiger charge is 2.22. The number of benzene rings is 2. The van der Waals surface area contributed by atoms with Crippen LogP contribution in [0.4, 0.5) is 0 Å². The van der Waals surface area contributed by atoms with E-state index in [-0.39, 0.29) is 19.3 Å². The lowest BCUT2D eigenvalue weighted by atomic mass is 9.89. The van der Waals surface area contributed by atoms with Crippen LogP contribution < -0.4 is 0 Å². The highest BCUT2D eigenvalue weighted by molar-refractivity contribution is 5.75. The molecule has 1 heterocycles. The van der Waals surface area contributed by atoms with Crippen LogP contribution >= 0.6 is 0 Å². The standard InChI is InChI=1S/C21H24N2O3/c24-13-21-22-18-9-3-4-10-19(18)23(21)12-16(25)14-26-20-11-5-7-15-6-1-2-8-17(15)20/h1-4,6,8-10,16,20,24-25H,5,7,11-14H2/t16-,20+/m0/s1. The largest absolute Gasteiger partial charge is 0.389 e. The van der Waals surface area contributed by atoms with E-state index in [1.165, 1.54) is 11.1 Å². The average Bonchev–Trinajstić information content (AvgIpc) is 3.04. The van der Waals surface area contributed by atoms with Crippen molar-refractivity contribution in [3.8, 4) is 0 Å². The first kappa shape index (κ1) is 17.2. The number of imidazole rings is 1. The van der Waals surface area contributed by atoms with E-state index < -0.39 is 6.10 Å². The molecule has 1 aliphatic carbocycles. The zero-order valence-electron chi connectivity index (χ0n) is 14.7. The zero-order chi connectivity index (χ0) is 17.9. The fraction of sp³-hybridized carbons (Fsp3) is 0.381. The molecule has 0 bridgehead atoms. The van der Waals surface area contributed by atoms with Crippen LogP contribution in [0.5, 0.6) is 0 Å². The van der Waals surface area contributed by atoms with Crippen LogP contribution in [0.1, 0.15) is 35.9 Å². The van der Waals surface area contributed by atoms with Crippen molar-refractivity contribution in [3.63, 3.8) is 0 Å². The first-order valence-electron chi connectivity index (χ1n) is 9.18. The number of para-hydroxylation sites is 2. The second-order valence-corrected chi connectivity index (χ2v) is 6.85. The van der Waals surface area contributed by atoms with E-state index in [1.807, 2.05) is 34.9 Å². The first-order valence-corrected chi connectivity index (χ1v) is 9.18. The number of nitrogens with zero attached hydrogens (tertiary/aromatic N) is 2. The van der Waals surface area contributed by atoms with Crippen molar-refractivity contribution in [3.05, 3.63) is 65.5 Å². The van der Waals surface area contributed by atoms with Crippen molar-refractivity contribution in [2.24, 2.45) is 0 Å². The third kappa shape index (κ3) is 3.38. The highest BCUT2D eigenvalue weighted by Crippen LogP contribution is 2.32. The van der Waals surface area contributed by atoms with Gasteiger partial charge in [0, 0.05) is 0 Å². The van der Waals surface area contributed by atoms with Gasteiger partial charge < -0.3 is 19.5 Å². The summed E-state index contributed by atoms with van der Waals surface area (Å²) in [6.45, 7) is 0.458. The van der Waals surface area contributed by atoms with Crippen molar-refractivity contribution >= 4 is 11.0 Å². The summed E-state index contributed by atoms with van der Waals surface area (Å²) >= 11 is 0. The Morgan fingerprint density at radius 3 is 2.85 bits per heavy atom. The van der Waals surface area contributed by atoms with Crippen LogP contribution in [0.2, 0.25) is 0 Å². The molecule has 1 aromatic heterocycles. The quantitative estimate of drug-likeness (QED) is 0.716. The maximum Gasteiger partial charge on any atom is 0.135 e. The second-order valence-electron chi connectivity index (χ2n) is 6.85. The summed E-state index contributed by atoms with van der Waals surface area (Å²) in [5.41, 5.74) is 4.33. The number of hydrogen-bond acceptors (Lipinski definition) is 4. The van der Waals surface area contributed by atoms with Gasteiger partial charge in [0.25, 0.3) is 0 Å². The lowest BCUT2D eigenvalue weighted by molar-refractivity contribution is -0.0226. The predicted molar refractivity (Wildman–Crippen MR) is 99.7 cm³/mol. The smallest absolute Gasteiger partial charge is 0.135 e. The molecule has 0 amide bonds. The fourth-order valence-corrected chi connectivity index (χ4v) is 3.82. The Morgan fingerprint density at radius 1 is 1.15 bits per heavy atom. The van der Waals surface area contributed by atoms with Crippen molar-refractivity contribution < 1.29 is 14.9 Å². The molecule has 5 nitrogen and oxygen atoms in total. The van der Waals surface area contributed by atoms with Gasteiger partial charge in [-0.3, -0.25) is 0 Å². The molecule has 0 fully saturated rings. The van der Waals surface area contributed by atoms with Crippen molar-refractivity contribution in [2.45, 2.75) is 44.6 Å². The molecule has 3 aromatic rings. The minimum absolute atomic E-state index is 0.0476. The number of hydrogen-bond donors (Lipinski definition) is 2. The third-order valence-corrected chi connectivity index (χ3v) is 5.07. The molecule has 2 N–H and O–H groups in total. The molecule has 136 valence electrons. The number of ether oxygens (including phenoxy) is 1. The number of aromatic nitrogens is 2. The van der Waals surface area contributed by atoms with Crippen LogP contribution in [-0.2, 0) is 24.3 Å². The molecule has 0 saturated carbocycles. The van der Waals surface area contributed by atoms with E-state index >= 15 is 0 Å². The van der Waals surface area contributed by atoms with Gasteiger partial charge in [0.15, 0.2) is 0 Å². The Hall–Kier alpha value is -2.21. The van der Waals surface area contributed by atoms with E-state index in [9.17, 15) is 10.2 Å². The van der Waals surface area contributed by atoms with Gasteiger partial charge in [0.05, 0.1) is 36.4 Å². The molecule has 0 radical (unpaired) electrons. The molecule has 1 aliphatic rings. The maximum atomic E-state index is 10.5. The van der Waals surface area contributed by atoms with E-state index in [1.54, 1.807) is 0 Å².